The zero-order chi connectivity index (χ0) is 14.4. The third kappa shape index (κ3) is 2.17. The Morgan fingerprint density at radius 3 is 3.05 bits per heavy atom. The van der Waals surface area contributed by atoms with Gasteiger partial charge in [0.2, 0.25) is 5.91 Å². The van der Waals surface area contributed by atoms with Crippen molar-refractivity contribution in [3.8, 4) is 0 Å². The van der Waals surface area contributed by atoms with Gasteiger partial charge in [-0.25, -0.2) is 4.98 Å². The summed E-state index contributed by atoms with van der Waals surface area (Å²) in [4.78, 5) is 16.8. The second kappa shape index (κ2) is 5.10. The van der Waals surface area contributed by atoms with Gasteiger partial charge in [0.05, 0.1) is 18.3 Å². The fourth-order valence-electron chi connectivity index (χ4n) is 3.63. The minimum absolute atomic E-state index is 0.185. The van der Waals surface area contributed by atoms with Crippen LogP contribution in [0.3, 0.4) is 0 Å². The first-order chi connectivity index (χ1) is 10.2. The van der Waals surface area contributed by atoms with Crippen molar-refractivity contribution in [2.75, 3.05) is 13.1 Å². The Balaban J connectivity index is 1.46. The number of carbonyl (C=O) groups is 1. The molecule has 110 valence electrons. The van der Waals surface area contributed by atoms with E-state index in [-0.39, 0.29) is 11.8 Å². The van der Waals surface area contributed by atoms with Crippen molar-refractivity contribution in [2.45, 2.75) is 13.0 Å². The zero-order valence-electron chi connectivity index (χ0n) is 11.6. The van der Waals surface area contributed by atoms with E-state index in [2.05, 4.69) is 31.5 Å². The molecule has 6 heteroatoms. The summed E-state index contributed by atoms with van der Waals surface area (Å²) in [5.74, 6) is 2.29. The molecule has 2 aromatic heterocycles. The first kappa shape index (κ1) is 13.3. The number of piperidine rings is 2. The van der Waals surface area contributed by atoms with Gasteiger partial charge >= 0.3 is 0 Å². The molecule has 5 nitrogen and oxygen atoms in total. The van der Waals surface area contributed by atoms with E-state index >= 15 is 0 Å². The molecule has 1 aliphatic heterocycles. The predicted octanol–water partition coefficient (Wildman–Crippen LogP) is 1.57. The molecule has 2 N–H and O–H groups in total. The molecule has 2 fully saturated rings. The molecular weight excluding hydrogens is 332 g/mol. The van der Waals surface area contributed by atoms with E-state index in [1.165, 1.54) is 6.42 Å². The molecule has 1 saturated carbocycles. The topological polar surface area (TPSA) is 58.4 Å². The Bertz CT molecular complexity index is 684. The molecule has 2 aromatic rings. The molecule has 1 unspecified atom stereocenters. The summed E-state index contributed by atoms with van der Waals surface area (Å²) in [5, 5.41) is 6.43. The van der Waals surface area contributed by atoms with E-state index in [4.69, 9.17) is 0 Å². The molecule has 0 aromatic carbocycles. The van der Waals surface area contributed by atoms with Crippen LogP contribution >= 0.6 is 15.9 Å². The fraction of sp³-hybridized carbons (Fsp3) is 0.467. The maximum atomic E-state index is 12.4. The number of hydrogen-bond donors (Lipinski definition) is 2. The molecule has 3 heterocycles. The molecule has 0 radical (unpaired) electrons. The van der Waals surface area contributed by atoms with Crippen LogP contribution in [-0.2, 0) is 11.3 Å². The smallest absolute Gasteiger partial charge is 0.224 e. The molecule has 1 saturated heterocycles. The Labute approximate surface area is 131 Å². The highest BCUT2D eigenvalue weighted by Gasteiger charge is 2.47. The lowest BCUT2D eigenvalue weighted by Gasteiger charge is -2.48. The number of halogens is 1. The predicted molar refractivity (Wildman–Crippen MR) is 82.7 cm³/mol. The van der Waals surface area contributed by atoms with Crippen LogP contribution in [0.2, 0.25) is 0 Å². The van der Waals surface area contributed by atoms with Crippen molar-refractivity contribution in [1.29, 1.82) is 0 Å². The number of nitrogens with one attached hydrogen (secondary N) is 2. The molecule has 2 aliphatic rings. The fourth-order valence-corrected chi connectivity index (χ4v) is 4.08. The first-order valence-electron chi connectivity index (χ1n) is 7.33. The maximum Gasteiger partial charge on any atom is 0.224 e. The van der Waals surface area contributed by atoms with E-state index < -0.39 is 0 Å². The molecule has 21 heavy (non-hydrogen) atoms. The highest BCUT2D eigenvalue weighted by Crippen LogP contribution is 2.42. The first-order valence-corrected chi connectivity index (χ1v) is 8.12. The molecule has 1 aliphatic carbocycles. The van der Waals surface area contributed by atoms with Gasteiger partial charge in [-0.05, 0) is 59.4 Å². The maximum absolute atomic E-state index is 12.4. The van der Waals surface area contributed by atoms with E-state index in [9.17, 15) is 4.79 Å². The minimum Gasteiger partial charge on any atom is -0.349 e. The quantitative estimate of drug-likeness (QED) is 0.885. The van der Waals surface area contributed by atoms with Crippen LogP contribution in [0, 0.1) is 17.8 Å². The van der Waals surface area contributed by atoms with Crippen LogP contribution < -0.4 is 10.6 Å². The summed E-state index contributed by atoms with van der Waals surface area (Å²) in [5.41, 5.74) is 1.02. The second-order valence-corrected chi connectivity index (χ2v) is 6.80. The van der Waals surface area contributed by atoms with Crippen LogP contribution in [0.15, 0.2) is 29.0 Å². The van der Waals surface area contributed by atoms with Crippen LogP contribution in [-0.4, -0.2) is 28.4 Å². The number of imidazole rings is 1. The van der Waals surface area contributed by atoms with Crippen molar-refractivity contribution in [1.82, 2.24) is 20.0 Å². The number of nitrogens with zero attached hydrogens (tertiary/aromatic N) is 2. The summed E-state index contributed by atoms with van der Waals surface area (Å²) in [6.07, 6.45) is 4.99. The van der Waals surface area contributed by atoms with Crippen LogP contribution in [0.25, 0.3) is 5.52 Å². The van der Waals surface area contributed by atoms with Crippen LogP contribution in [0.5, 0.6) is 0 Å². The average Bonchev–Trinajstić information content (AvgIpc) is 2.90. The van der Waals surface area contributed by atoms with E-state index in [1.807, 2.05) is 28.9 Å². The van der Waals surface area contributed by atoms with E-state index in [0.717, 1.165) is 28.9 Å². The summed E-state index contributed by atoms with van der Waals surface area (Å²) < 4.78 is 3.02. The summed E-state index contributed by atoms with van der Waals surface area (Å²) in [7, 11) is 0. The zero-order valence-corrected chi connectivity index (χ0v) is 13.1. The van der Waals surface area contributed by atoms with Crippen LogP contribution in [0.1, 0.15) is 12.2 Å². The molecule has 2 bridgehead atoms. The van der Waals surface area contributed by atoms with Gasteiger partial charge < -0.3 is 15.0 Å². The van der Waals surface area contributed by atoms with Gasteiger partial charge in [0.1, 0.15) is 5.82 Å². The van der Waals surface area contributed by atoms with Gasteiger partial charge in [-0.2, -0.15) is 0 Å². The number of carbonyl (C=O) groups excluding carboxylic acids is 1. The van der Waals surface area contributed by atoms with Crippen molar-refractivity contribution < 1.29 is 4.79 Å². The Morgan fingerprint density at radius 2 is 2.29 bits per heavy atom. The summed E-state index contributed by atoms with van der Waals surface area (Å²) in [6, 6.07) is 3.95. The number of rotatable bonds is 3. The third-order valence-electron chi connectivity index (χ3n) is 4.75. The summed E-state index contributed by atoms with van der Waals surface area (Å²) in [6.45, 7) is 2.44. The molecule has 1 amide bonds. The lowest BCUT2D eigenvalue weighted by molar-refractivity contribution is -0.136. The van der Waals surface area contributed by atoms with Gasteiger partial charge in [-0.3, -0.25) is 4.79 Å². The SMILES string of the molecule is O=C(NCc1ncc2c(Br)cccn12)C1[C@@H]2CNC[C@H]1C2. The Kier molecular flexibility index (Phi) is 3.23. The average molecular weight is 349 g/mol. The third-order valence-corrected chi connectivity index (χ3v) is 5.42. The minimum atomic E-state index is 0.185. The highest BCUT2D eigenvalue weighted by atomic mass is 79.9. The highest BCUT2D eigenvalue weighted by molar-refractivity contribution is 9.10. The van der Waals surface area contributed by atoms with E-state index in [0.29, 0.717) is 18.4 Å². The Morgan fingerprint density at radius 1 is 1.48 bits per heavy atom. The van der Waals surface area contributed by atoms with Gasteiger partial charge in [0.15, 0.2) is 0 Å². The largest absolute Gasteiger partial charge is 0.349 e. The standard InChI is InChI=1S/C15H17BrN4O/c16-11-2-1-3-20-12(11)7-18-13(20)8-19-15(21)14-9-4-10(14)6-17-5-9/h1-3,7,9-10,14,17H,4-6,8H2,(H,19,21)/t9-,10+,14?. The lowest BCUT2D eigenvalue weighted by atomic mass is 9.62. The lowest BCUT2D eigenvalue weighted by Crippen LogP contribution is -2.58. The second-order valence-electron chi connectivity index (χ2n) is 5.94. The van der Waals surface area contributed by atoms with Gasteiger partial charge in [-0.1, -0.05) is 0 Å². The number of aromatic nitrogens is 2. The van der Waals surface area contributed by atoms with Crippen molar-refractivity contribution >= 4 is 27.4 Å². The van der Waals surface area contributed by atoms with Gasteiger partial charge in [-0.15, -0.1) is 0 Å². The number of pyridine rings is 1. The number of fused-ring (bicyclic) bond motifs is 3. The number of hydrogen-bond acceptors (Lipinski definition) is 3. The summed E-state index contributed by atoms with van der Waals surface area (Å²) >= 11 is 3.51. The monoisotopic (exact) mass is 348 g/mol. The molecular formula is C15H17BrN4O. The van der Waals surface area contributed by atoms with Crippen LogP contribution in [0.4, 0.5) is 0 Å². The molecule has 4 rings (SSSR count). The van der Waals surface area contributed by atoms with E-state index in [1.54, 1.807) is 0 Å². The number of amides is 1. The van der Waals surface area contributed by atoms with Crippen molar-refractivity contribution in [2.24, 2.45) is 17.8 Å². The van der Waals surface area contributed by atoms with Crippen molar-refractivity contribution in [3.05, 3.63) is 34.8 Å². The van der Waals surface area contributed by atoms with Gasteiger partial charge in [0, 0.05) is 16.6 Å². The Hall–Kier alpha value is -1.40. The molecule has 3 atom stereocenters. The normalized spacial score (nSPS) is 27.4. The molecule has 0 spiro atoms. The van der Waals surface area contributed by atoms with Crippen molar-refractivity contribution in [3.63, 3.8) is 0 Å². The van der Waals surface area contributed by atoms with Gasteiger partial charge in [0.25, 0.3) is 0 Å².